The first-order valence-corrected chi connectivity index (χ1v) is 8.24. The lowest BCUT2D eigenvalue weighted by Crippen LogP contribution is -2.01. The van der Waals surface area contributed by atoms with Crippen molar-refractivity contribution in [3.63, 3.8) is 0 Å². The first-order chi connectivity index (χ1) is 11.6. The highest BCUT2D eigenvalue weighted by Crippen LogP contribution is 2.34. The summed E-state index contributed by atoms with van der Waals surface area (Å²) < 4.78 is 1.92. The number of fused-ring (bicyclic) bond motifs is 1. The molecule has 0 fully saturated rings. The van der Waals surface area contributed by atoms with E-state index in [4.69, 9.17) is 0 Å². The number of rotatable bonds is 3. The van der Waals surface area contributed by atoms with Crippen LogP contribution in [-0.4, -0.2) is 24.9 Å². The van der Waals surface area contributed by atoms with Crippen LogP contribution in [0.4, 0.5) is 0 Å². The second kappa shape index (κ2) is 5.58. The van der Waals surface area contributed by atoms with Crippen molar-refractivity contribution in [2.75, 3.05) is 0 Å². The molecule has 24 heavy (non-hydrogen) atoms. The SMILES string of the molecule is Oc1ccc(Cn2c(-c3cccs3)nc3cccc(O)c32)cc1O. The minimum Gasteiger partial charge on any atom is -0.506 e. The number of aromatic hydroxyl groups is 3. The van der Waals surface area contributed by atoms with E-state index < -0.39 is 0 Å². The lowest BCUT2D eigenvalue weighted by Gasteiger charge is -2.10. The van der Waals surface area contributed by atoms with Crippen LogP contribution in [0.25, 0.3) is 21.7 Å². The summed E-state index contributed by atoms with van der Waals surface area (Å²) in [6.07, 6.45) is 0. The van der Waals surface area contributed by atoms with Crippen molar-refractivity contribution in [1.82, 2.24) is 9.55 Å². The molecule has 0 radical (unpaired) electrons. The van der Waals surface area contributed by atoms with Crippen molar-refractivity contribution in [2.45, 2.75) is 6.54 Å². The number of nitrogens with zero attached hydrogens (tertiary/aromatic N) is 2. The van der Waals surface area contributed by atoms with Gasteiger partial charge >= 0.3 is 0 Å². The molecule has 2 aromatic heterocycles. The van der Waals surface area contributed by atoms with Gasteiger partial charge in [0.25, 0.3) is 0 Å². The third-order valence-electron chi connectivity index (χ3n) is 3.87. The van der Waals surface area contributed by atoms with Gasteiger partial charge < -0.3 is 19.9 Å². The maximum atomic E-state index is 10.3. The number of hydrogen-bond donors (Lipinski definition) is 3. The Kier molecular flexibility index (Phi) is 3.39. The second-order valence-electron chi connectivity index (χ2n) is 5.47. The van der Waals surface area contributed by atoms with E-state index in [0.29, 0.717) is 17.6 Å². The van der Waals surface area contributed by atoms with Gasteiger partial charge in [-0.2, -0.15) is 0 Å². The fourth-order valence-corrected chi connectivity index (χ4v) is 3.49. The fraction of sp³-hybridized carbons (Fsp3) is 0.0556. The van der Waals surface area contributed by atoms with E-state index in [-0.39, 0.29) is 17.2 Å². The van der Waals surface area contributed by atoms with E-state index in [1.165, 1.54) is 12.1 Å². The molecule has 0 bridgehead atoms. The third kappa shape index (κ3) is 2.37. The van der Waals surface area contributed by atoms with E-state index in [9.17, 15) is 15.3 Å². The fourth-order valence-electron chi connectivity index (χ4n) is 2.76. The van der Waals surface area contributed by atoms with Crippen molar-refractivity contribution in [3.05, 3.63) is 59.5 Å². The molecule has 0 saturated heterocycles. The minimum absolute atomic E-state index is 0.157. The zero-order valence-corrected chi connectivity index (χ0v) is 13.4. The van der Waals surface area contributed by atoms with Gasteiger partial charge in [0.05, 0.1) is 10.4 Å². The Balaban J connectivity index is 1.91. The molecular weight excluding hydrogens is 324 g/mol. The van der Waals surface area contributed by atoms with Gasteiger partial charge in [-0.05, 0) is 41.3 Å². The largest absolute Gasteiger partial charge is 0.506 e. The molecule has 0 amide bonds. The number of imidazole rings is 1. The molecule has 5 nitrogen and oxygen atoms in total. The summed E-state index contributed by atoms with van der Waals surface area (Å²) in [6, 6.07) is 13.9. The summed E-state index contributed by atoms with van der Waals surface area (Å²) in [5.41, 5.74) is 2.15. The summed E-state index contributed by atoms with van der Waals surface area (Å²) in [5, 5.41) is 31.5. The number of para-hydroxylation sites is 1. The monoisotopic (exact) mass is 338 g/mol. The maximum Gasteiger partial charge on any atom is 0.157 e. The van der Waals surface area contributed by atoms with Crippen molar-refractivity contribution in [3.8, 4) is 28.0 Å². The lowest BCUT2D eigenvalue weighted by molar-refractivity contribution is 0.403. The van der Waals surface area contributed by atoms with Gasteiger partial charge in [-0.3, -0.25) is 0 Å². The highest BCUT2D eigenvalue weighted by molar-refractivity contribution is 7.13. The molecule has 0 unspecified atom stereocenters. The van der Waals surface area contributed by atoms with Crippen molar-refractivity contribution < 1.29 is 15.3 Å². The quantitative estimate of drug-likeness (QED) is 0.495. The molecular formula is C18H14N2O3S. The first kappa shape index (κ1) is 14.6. The van der Waals surface area contributed by atoms with E-state index in [0.717, 1.165) is 16.3 Å². The Morgan fingerprint density at radius 3 is 2.54 bits per heavy atom. The maximum absolute atomic E-state index is 10.3. The van der Waals surface area contributed by atoms with Gasteiger partial charge in [-0.15, -0.1) is 11.3 Å². The predicted octanol–water partition coefficient (Wildman–Crippen LogP) is 3.93. The topological polar surface area (TPSA) is 78.5 Å². The number of phenolic OH excluding ortho intramolecular Hbond substituents is 3. The summed E-state index contributed by atoms with van der Waals surface area (Å²) in [7, 11) is 0. The Morgan fingerprint density at radius 2 is 1.79 bits per heavy atom. The van der Waals surface area contributed by atoms with Crippen LogP contribution in [0, 0.1) is 0 Å². The Hall–Kier alpha value is -2.99. The molecule has 4 rings (SSSR count). The van der Waals surface area contributed by atoms with Crippen molar-refractivity contribution in [2.24, 2.45) is 0 Å². The van der Waals surface area contributed by atoms with Crippen molar-refractivity contribution >= 4 is 22.4 Å². The van der Waals surface area contributed by atoms with E-state index in [1.807, 2.05) is 28.1 Å². The summed E-state index contributed by atoms with van der Waals surface area (Å²) in [4.78, 5) is 5.65. The first-order valence-electron chi connectivity index (χ1n) is 7.36. The molecule has 2 heterocycles. The molecule has 0 atom stereocenters. The molecule has 0 spiro atoms. The molecule has 0 saturated carbocycles. The molecule has 120 valence electrons. The lowest BCUT2D eigenvalue weighted by atomic mass is 10.2. The minimum atomic E-state index is -0.168. The number of phenols is 3. The van der Waals surface area contributed by atoms with E-state index in [1.54, 1.807) is 29.5 Å². The average Bonchev–Trinajstić information content (AvgIpc) is 3.19. The average molecular weight is 338 g/mol. The van der Waals surface area contributed by atoms with Gasteiger partial charge in [0.2, 0.25) is 0 Å². The highest BCUT2D eigenvalue weighted by Gasteiger charge is 2.16. The van der Waals surface area contributed by atoms with Crippen LogP contribution >= 0.6 is 11.3 Å². The third-order valence-corrected chi connectivity index (χ3v) is 4.73. The number of hydrogen-bond acceptors (Lipinski definition) is 5. The van der Waals surface area contributed by atoms with Gasteiger partial charge in [0, 0.05) is 6.54 Å². The van der Waals surface area contributed by atoms with Crippen LogP contribution in [-0.2, 0) is 6.54 Å². The normalized spacial score (nSPS) is 11.2. The molecule has 6 heteroatoms. The van der Waals surface area contributed by atoms with Crippen LogP contribution < -0.4 is 0 Å². The van der Waals surface area contributed by atoms with Crippen LogP contribution in [0.5, 0.6) is 17.2 Å². The van der Waals surface area contributed by atoms with Gasteiger partial charge in [-0.25, -0.2) is 4.98 Å². The van der Waals surface area contributed by atoms with Gasteiger partial charge in [0.15, 0.2) is 17.3 Å². The Labute approximate surface area is 141 Å². The standard InChI is InChI=1S/C18H14N2O3S/c21-13-7-6-11(9-15(13)23)10-20-17-12(3-1-4-14(17)22)19-18(20)16-5-2-8-24-16/h1-9,21-23H,10H2. The molecule has 2 aromatic carbocycles. The number of benzene rings is 2. The summed E-state index contributed by atoms with van der Waals surface area (Å²) >= 11 is 1.57. The number of thiophene rings is 1. The Bertz CT molecular complexity index is 1020. The molecule has 0 aliphatic rings. The molecule has 4 aromatic rings. The smallest absolute Gasteiger partial charge is 0.157 e. The van der Waals surface area contributed by atoms with Crippen LogP contribution in [0.3, 0.4) is 0 Å². The zero-order valence-electron chi connectivity index (χ0n) is 12.5. The van der Waals surface area contributed by atoms with E-state index >= 15 is 0 Å². The molecule has 0 aliphatic carbocycles. The Morgan fingerprint density at radius 1 is 0.917 bits per heavy atom. The van der Waals surface area contributed by atoms with Crippen LogP contribution in [0.2, 0.25) is 0 Å². The summed E-state index contributed by atoms with van der Waals surface area (Å²) in [6.45, 7) is 0.412. The van der Waals surface area contributed by atoms with E-state index in [2.05, 4.69) is 4.98 Å². The van der Waals surface area contributed by atoms with Crippen LogP contribution in [0.1, 0.15) is 5.56 Å². The zero-order chi connectivity index (χ0) is 16.7. The van der Waals surface area contributed by atoms with Crippen molar-refractivity contribution in [1.29, 1.82) is 0 Å². The highest BCUT2D eigenvalue weighted by atomic mass is 32.1. The predicted molar refractivity (Wildman–Crippen MR) is 93.6 cm³/mol. The summed E-state index contributed by atoms with van der Waals surface area (Å²) in [5.74, 6) is 0.592. The van der Waals surface area contributed by atoms with Gasteiger partial charge in [-0.1, -0.05) is 18.2 Å². The van der Waals surface area contributed by atoms with Crippen LogP contribution in [0.15, 0.2) is 53.9 Å². The molecule has 0 aliphatic heterocycles. The second-order valence-corrected chi connectivity index (χ2v) is 6.41. The number of aromatic nitrogens is 2. The molecule has 3 N–H and O–H groups in total. The van der Waals surface area contributed by atoms with Gasteiger partial charge in [0.1, 0.15) is 11.3 Å².